The molecule has 0 radical (unpaired) electrons. The zero-order chi connectivity index (χ0) is 22.6. The third-order valence-electron chi connectivity index (χ3n) is 5.13. The topological polar surface area (TPSA) is 40.6 Å². The normalized spacial score (nSPS) is 10.9. The molecule has 0 aliphatic carbocycles. The molecule has 0 spiro atoms. The van der Waals surface area contributed by atoms with Crippen LogP contribution in [0.25, 0.3) is 6.08 Å². The number of thiophene rings is 1. The zero-order valence-electron chi connectivity index (χ0n) is 18.5. The highest BCUT2D eigenvalue weighted by Gasteiger charge is 2.21. The van der Waals surface area contributed by atoms with Gasteiger partial charge in [0.05, 0.1) is 6.54 Å². The van der Waals surface area contributed by atoms with Gasteiger partial charge in [0.1, 0.15) is 6.54 Å². The summed E-state index contributed by atoms with van der Waals surface area (Å²) in [6, 6.07) is 23.7. The van der Waals surface area contributed by atoms with Gasteiger partial charge in [-0.25, -0.2) is 0 Å². The van der Waals surface area contributed by atoms with Gasteiger partial charge < -0.3 is 9.80 Å². The van der Waals surface area contributed by atoms with E-state index < -0.39 is 0 Å². The van der Waals surface area contributed by atoms with Crippen molar-refractivity contribution >= 4 is 29.2 Å². The van der Waals surface area contributed by atoms with Crippen LogP contribution in [-0.4, -0.2) is 34.7 Å². The number of unbranched alkanes of at least 4 members (excludes halogenated alkanes) is 1. The maximum absolute atomic E-state index is 13.3. The number of carbonyl (C=O) groups is 2. The van der Waals surface area contributed by atoms with E-state index in [1.807, 2.05) is 83.1 Å². The minimum atomic E-state index is -0.133. The van der Waals surface area contributed by atoms with Crippen LogP contribution in [0.5, 0.6) is 0 Å². The summed E-state index contributed by atoms with van der Waals surface area (Å²) in [5, 5.41) is 2.02. The molecule has 1 heterocycles. The van der Waals surface area contributed by atoms with E-state index in [9.17, 15) is 9.59 Å². The van der Waals surface area contributed by atoms with Crippen LogP contribution >= 0.6 is 11.3 Å². The average molecular weight is 447 g/mol. The number of hydrogen-bond acceptors (Lipinski definition) is 3. The molecule has 0 atom stereocenters. The van der Waals surface area contributed by atoms with E-state index in [4.69, 9.17) is 0 Å². The van der Waals surface area contributed by atoms with Crippen molar-refractivity contribution < 1.29 is 9.59 Å². The van der Waals surface area contributed by atoms with Crippen molar-refractivity contribution in [1.82, 2.24) is 9.80 Å². The van der Waals surface area contributed by atoms with Crippen LogP contribution in [0.2, 0.25) is 0 Å². The lowest BCUT2D eigenvalue weighted by molar-refractivity contribution is -0.139. The molecule has 3 aromatic rings. The molecule has 2 amide bonds. The predicted molar refractivity (Wildman–Crippen MR) is 132 cm³/mol. The Morgan fingerprint density at radius 2 is 1.59 bits per heavy atom. The number of hydrogen-bond donors (Lipinski definition) is 0. The summed E-state index contributed by atoms with van der Waals surface area (Å²) < 4.78 is 0. The van der Waals surface area contributed by atoms with Crippen LogP contribution in [0.15, 0.2) is 84.3 Å². The molecule has 1 aromatic heterocycles. The Kier molecular flexibility index (Phi) is 9.26. The first-order chi connectivity index (χ1) is 15.7. The third kappa shape index (κ3) is 7.50. The first kappa shape index (κ1) is 23.5. The maximum atomic E-state index is 13.3. The van der Waals surface area contributed by atoms with Gasteiger partial charge in [0.15, 0.2) is 0 Å². The van der Waals surface area contributed by atoms with Gasteiger partial charge in [-0.15, -0.1) is 11.3 Å². The molecule has 0 fully saturated rings. The van der Waals surface area contributed by atoms with Crippen LogP contribution in [0, 0.1) is 0 Å². The molecule has 0 saturated heterocycles. The quantitative estimate of drug-likeness (QED) is 0.359. The Hall–Kier alpha value is -3.18. The second-order valence-corrected chi connectivity index (χ2v) is 8.70. The van der Waals surface area contributed by atoms with Crippen LogP contribution in [0.3, 0.4) is 0 Å². The molecule has 2 aromatic carbocycles. The summed E-state index contributed by atoms with van der Waals surface area (Å²) in [5.74, 6) is -0.175. The lowest BCUT2D eigenvalue weighted by Gasteiger charge is -2.27. The number of benzene rings is 2. The minimum absolute atomic E-state index is 0.0418. The molecule has 0 saturated carbocycles. The van der Waals surface area contributed by atoms with E-state index in [1.165, 1.54) is 0 Å². The Morgan fingerprint density at radius 3 is 2.25 bits per heavy atom. The van der Waals surface area contributed by atoms with Gasteiger partial charge in [-0.05, 0) is 35.1 Å². The highest BCUT2D eigenvalue weighted by atomic mass is 32.1. The fourth-order valence-electron chi connectivity index (χ4n) is 3.34. The Bertz CT molecular complexity index is 985. The molecular weight excluding hydrogens is 416 g/mol. The monoisotopic (exact) mass is 446 g/mol. The second kappa shape index (κ2) is 12.6. The lowest BCUT2D eigenvalue weighted by atomic mass is 10.2. The molecule has 4 nitrogen and oxygen atoms in total. The summed E-state index contributed by atoms with van der Waals surface area (Å²) in [7, 11) is 0. The van der Waals surface area contributed by atoms with E-state index in [0.29, 0.717) is 19.6 Å². The van der Waals surface area contributed by atoms with Crippen molar-refractivity contribution in [2.24, 2.45) is 0 Å². The van der Waals surface area contributed by atoms with Gasteiger partial charge in [0, 0.05) is 24.0 Å². The summed E-state index contributed by atoms with van der Waals surface area (Å²) in [6.45, 7) is 3.80. The highest BCUT2D eigenvalue weighted by Crippen LogP contribution is 2.15. The summed E-state index contributed by atoms with van der Waals surface area (Å²) in [6.07, 6.45) is 5.20. The van der Waals surface area contributed by atoms with Crippen LogP contribution < -0.4 is 0 Å². The number of carbonyl (C=O) groups excluding carboxylic acids is 2. The van der Waals surface area contributed by atoms with Crippen molar-refractivity contribution in [1.29, 1.82) is 0 Å². The van der Waals surface area contributed by atoms with Gasteiger partial charge in [-0.1, -0.05) is 80.1 Å². The van der Waals surface area contributed by atoms with Crippen molar-refractivity contribution in [3.63, 3.8) is 0 Å². The molecule has 3 rings (SSSR count). The van der Waals surface area contributed by atoms with Crippen LogP contribution in [-0.2, 0) is 22.7 Å². The molecule has 0 N–H and O–H groups in total. The van der Waals surface area contributed by atoms with E-state index in [-0.39, 0.29) is 18.4 Å². The Balaban J connectivity index is 1.72. The number of rotatable bonds is 11. The first-order valence-electron chi connectivity index (χ1n) is 11.0. The molecule has 0 bridgehead atoms. The smallest absolute Gasteiger partial charge is 0.247 e. The molecular formula is C27H30N2O2S. The van der Waals surface area contributed by atoms with E-state index in [1.54, 1.807) is 28.4 Å². The fourth-order valence-corrected chi connectivity index (χ4v) is 4.06. The van der Waals surface area contributed by atoms with Gasteiger partial charge in [-0.2, -0.15) is 0 Å². The fraction of sp³-hybridized carbons (Fsp3) is 0.259. The van der Waals surface area contributed by atoms with E-state index in [2.05, 4.69) is 6.92 Å². The van der Waals surface area contributed by atoms with E-state index >= 15 is 0 Å². The second-order valence-electron chi connectivity index (χ2n) is 7.67. The van der Waals surface area contributed by atoms with Gasteiger partial charge in [0.25, 0.3) is 0 Å². The van der Waals surface area contributed by atoms with Crippen LogP contribution in [0.4, 0.5) is 0 Å². The van der Waals surface area contributed by atoms with Gasteiger partial charge >= 0.3 is 0 Å². The molecule has 166 valence electrons. The maximum Gasteiger partial charge on any atom is 0.247 e. The third-order valence-corrected chi connectivity index (χ3v) is 5.99. The standard InChI is InChI=1S/C27H30N2O2S/c1-2-3-18-28(26(30)17-16-23-11-6-4-7-12-23)22-27(31)29(21-25-15-10-19-32-25)20-24-13-8-5-9-14-24/h4-17,19H,2-3,18,20-22H2,1H3. The highest BCUT2D eigenvalue weighted by molar-refractivity contribution is 7.09. The van der Waals surface area contributed by atoms with Crippen LogP contribution in [0.1, 0.15) is 35.8 Å². The summed E-state index contributed by atoms with van der Waals surface area (Å²) in [5.41, 5.74) is 2.04. The van der Waals surface area contributed by atoms with Crippen molar-refractivity contribution in [2.75, 3.05) is 13.1 Å². The first-order valence-corrected chi connectivity index (χ1v) is 11.9. The molecule has 0 unspecified atom stereocenters. The number of amides is 2. The SMILES string of the molecule is CCCCN(CC(=O)N(Cc1ccccc1)Cc1cccs1)C(=O)C=Cc1ccccc1. The molecule has 32 heavy (non-hydrogen) atoms. The molecule has 5 heteroatoms. The van der Waals surface area contributed by atoms with Crippen molar-refractivity contribution in [2.45, 2.75) is 32.9 Å². The Morgan fingerprint density at radius 1 is 0.875 bits per heavy atom. The minimum Gasteiger partial charge on any atom is -0.332 e. The summed E-state index contributed by atoms with van der Waals surface area (Å²) in [4.78, 5) is 30.9. The summed E-state index contributed by atoms with van der Waals surface area (Å²) >= 11 is 1.64. The van der Waals surface area contributed by atoms with Gasteiger partial charge in [0.2, 0.25) is 11.8 Å². The lowest BCUT2D eigenvalue weighted by Crippen LogP contribution is -2.42. The zero-order valence-corrected chi connectivity index (χ0v) is 19.3. The van der Waals surface area contributed by atoms with E-state index in [0.717, 1.165) is 28.8 Å². The largest absolute Gasteiger partial charge is 0.332 e. The van der Waals surface area contributed by atoms with Gasteiger partial charge in [-0.3, -0.25) is 9.59 Å². The Labute approximate surface area is 194 Å². The molecule has 0 aliphatic heterocycles. The average Bonchev–Trinajstić information content (AvgIpc) is 3.34. The van der Waals surface area contributed by atoms with Crippen molar-refractivity contribution in [3.05, 3.63) is 100 Å². The number of nitrogens with zero attached hydrogens (tertiary/aromatic N) is 2. The van der Waals surface area contributed by atoms with Crippen molar-refractivity contribution in [3.8, 4) is 0 Å². The predicted octanol–water partition coefficient (Wildman–Crippen LogP) is 5.62. The molecule has 0 aliphatic rings.